The molecule has 0 atom stereocenters. The van der Waals surface area contributed by atoms with Crippen LogP contribution in [0.3, 0.4) is 0 Å². The third-order valence-electron chi connectivity index (χ3n) is 2.85. The van der Waals surface area contributed by atoms with Crippen LogP contribution in [0.5, 0.6) is 0 Å². The molecule has 2 aromatic heterocycles. The van der Waals surface area contributed by atoms with Gasteiger partial charge in [0.05, 0.1) is 6.54 Å². The lowest BCUT2D eigenvalue weighted by Crippen LogP contribution is -2.35. The van der Waals surface area contributed by atoms with E-state index in [4.69, 9.17) is 0 Å². The molecular formula is C14H19N5O. The summed E-state index contributed by atoms with van der Waals surface area (Å²) in [6.07, 6.45) is 7.71. The van der Waals surface area contributed by atoms with Gasteiger partial charge in [0.2, 0.25) is 5.91 Å². The molecule has 2 rings (SSSR count). The second-order valence-electron chi connectivity index (χ2n) is 4.66. The summed E-state index contributed by atoms with van der Waals surface area (Å²) in [5.74, 6) is 0.906. The highest BCUT2D eigenvalue weighted by Crippen LogP contribution is 2.00. The fraction of sp³-hybridized carbons (Fsp3) is 0.357. The maximum absolute atomic E-state index is 11.8. The molecule has 0 aliphatic carbocycles. The highest BCUT2D eigenvalue weighted by Gasteiger charge is 2.06. The molecule has 2 aromatic rings. The highest BCUT2D eigenvalue weighted by atomic mass is 16.2. The van der Waals surface area contributed by atoms with Crippen LogP contribution in [0, 0.1) is 0 Å². The summed E-state index contributed by atoms with van der Waals surface area (Å²) < 4.78 is 0. The number of nitrogens with zero attached hydrogens (tertiary/aromatic N) is 3. The van der Waals surface area contributed by atoms with Crippen molar-refractivity contribution in [3.63, 3.8) is 0 Å². The van der Waals surface area contributed by atoms with Gasteiger partial charge in [0, 0.05) is 44.3 Å². The standard InChI is InChI=1S/C14H19N5O/c1-19(10-12-2-5-15-6-3-12)11-14(20)18-7-4-13-16-8-9-17-13/h2-3,5-6,8-9H,4,7,10-11H2,1H3,(H,16,17)(H,18,20). The molecular weight excluding hydrogens is 254 g/mol. The van der Waals surface area contributed by atoms with Crippen molar-refractivity contribution in [2.45, 2.75) is 13.0 Å². The van der Waals surface area contributed by atoms with E-state index in [9.17, 15) is 4.79 Å². The Bertz CT molecular complexity index is 512. The number of carbonyl (C=O) groups excluding carboxylic acids is 1. The SMILES string of the molecule is CN(CC(=O)NCCc1ncc[nH]1)Cc1ccncc1. The summed E-state index contributed by atoms with van der Waals surface area (Å²) in [4.78, 5) is 24.8. The molecule has 0 spiro atoms. The summed E-state index contributed by atoms with van der Waals surface area (Å²) in [7, 11) is 1.92. The molecule has 2 heterocycles. The van der Waals surface area contributed by atoms with E-state index in [0.29, 0.717) is 19.5 Å². The molecule has 0 aliphatic heterocycles. The number of imidazole rings is 1. The van der Waals surface area contributed by atoms with Gasteiger partial charge >= 0.3 is 0 Å². The quantitative estimate of drug-likeness (QED) is 0.774. The molecule has 106 valence electrons. The lowest BCUT2D eigenvalue weighted by Gasteiger charge is -2.16. The van der Waals surface area contributed by atoms with Crippen LogP contribution in [0.15, 0.2) is 36.9 Å². The molecule has 6 heteroatoms. The highest BCUT2D eigenvalue weighted by molar-refractivity contribution is 5.77. The third-order valence-corrected chi connectivity index (χ3v) is 2.85. The van der Waals surface area contributed by atoms with Gasteiger partial charge < -0.3 is 10.3 Å². The molecule has 0 bridgehead atoms. The number of hydrogen-bond donors (Lipinski definition) is 2. The van der Waals surface area contributed by atoms with Gasteiger partial charge in [-0.1, -0.05) is 0 Å². The molecule has 2 N–H and O–H groups in total. The Morgan fingerprint density at radius 2 is 2.15 bits per heavy atom. The number of rotatable bonds is 7. The molecule has 0 aliphatic rings. The van der Waals surface area contributed by atoms with E-state index in [1.807, 2.05) is 24.1 Å². The summed E-state index contributed by atoms with van der Waals surface area (Å²) >= 11 is 0. The van der Waals surface area contributed by atoms with Crippen LogP contribution in [0.25, 0.3) is 0 Å². The predicted molar refractivity (Wildman–Crippen MR) is 75.9 cm³/mol. The Labute approximate surface area is 118 Å². The van der Waals surface area contributed by atoms with Crippen molar-refractivity contribution in [2.75, 3.05) is 20.1 Å². The number of H-pyrrole nitrogens is 1. The van der Waals surface area contributed by atoms with E-state index in [1.54, 1.807) is 24.8 Å². The van der Waals surface area contributed by atoms with E-state index in [1.165, 1.54) is 0 Å². The van der Waals surface area contributed by atoms with Crippen LogP contribution in [0.1, 0.15) is 11.4 Å². The molecule has 20 heavy (non-hydrogen) atoms. The van der Waals surface area contributed by atoms with E-state index in [2.05, 4.69) is 20.3 Å². The number of carbonyl (C=O) groups is 1. The van der Waals surface area contributed by atoms with Gasteiger partial charge in [-0.2, -0.15) is 0 Å². The second kappa shape index (κ2) is 7.40. The van der Waals surface area contributed by atoms with Gasteiger partial charge in [0.15, 0.2) is 0 Å². The minimum absolute atomic E-state index is 0.0214. The zero-order valence-electron chi connectivity index (χ0n) is 11.5. The van der Waals surface area contributed by atoms with E-state index in [0.717, 1.165) is 17.9 Å². The molecule has 0 saturated carbocycles. The van der Waals surface area contributed by atoms with Crippen molar-refractivity contribution in [3.8, 4) is 0 Å². The first-order valence-corrected chi connectivity index (χ1v) is 6.56. The van der Waals surface area contributed by atoms with Gasteiger partial charge in [-0.05, 0) is 24.7 Å². The Morgan fingerprint density at radius 3 is 2.85 bits per heavy atom. The van der Waals surface area contributed by atoms with E-state index < -0.39 is 0 Å². The van der Waals surface area contributed by atoms with Crippen molar-refractivity contribution in [3.05, 3.63) is 48.3 Å². The molecule has 0 fully saturated rings. The molecule has 0 unspecified atom stereocenters. The second-order valence-corrected chi connectivity index (χ2v) is 4.66. The number of hydrogen-bond acceptors (Lipinski definition) is 4. The predicted octanol–water partition coefficient (Wildman–Crippen LogP) is 0.595. The minimum Gasteiger partial charge on any atom is -0.355 e. The topological polar surface area (TPSA) is 73.9 Å². The van der Waals surface area contributed by atoms with Crippen molar-refractivity contribution >= 4 is 5.91 Å². The van der Waals surface area contributed by atoms with Gasteiger partial charge in [-0.25, -0.2) is 4.98 Å². The van der Waals surface area contributed by atoms with Crippen LogP contribution in [-0.2, 0) is 17.8 Å². The van der Waals surface area contributed by atoms with Crippen LogP contribution < -0.4 is 5.32 Å². The Kier molecular flexibility index (Phi) is 5.25. The number of amides is 1. The molecule has 6 nitrogen and oxygen atoms in total. The van der Waals surface area contributed by atoms with Crippen molar-refractivity contribution < 1.29 is 4.79 Å². The first kappa shape index (κ1) is 14.2. The van der Waals surface area contributed by atoms with Crippen molar-refractivity contribution in [1.29, 1.82) is 0 Å². The molecule has 0 radical (unpaired) electrons. The molecule has 0 saturated heterocycles. The number of nitrogens with one attached hydrogen (secondary N) is 2. The number of aromatic nitrogens is 3. The maximum Gasteiger partial charge on any atom is 0.234 e. The Balaban J connectivity index is 1.66. The maximum atomic E-state index is 11.8. The molecule has 0 aromatic carbocycles. The van der Waals surface area contributed by atoms with Crippen molar-refractivity contribution in [1.82, 2.24) is 25.2 Å². The third kappa shape index (κ3) is 4.81. The summed E-state index contributed by atoms with van der Waals surface area (Å²) in [6, 6.07) is 3.90. The minimum atomic E-state index is 0.0214. The fourth-order valence-electron chi connectivity index (χ4n) is 1.91. The van der Waals surface area contributed by atoms with Crippen LogP contribution >= 0.6 is 0 Å². The monoisotopic (exact) mass is 273 g/mol. The van der Waals surface area contributed by atoms with E-state index >= 15 is 0 Å². The van der Waals surface area contributed by atoms with Gasteiger partial charge in [0.25, 0.3) is 0 Å². The number of likely N-dealkylation sites (N-methyl/N-ethyl adjacent to an activating group) is 1. The average Bonchev–Trinajstić information content (AvgIpc) is 2.93. The smallest absolute Gasteiger partial charge is 0.234 e. The normalized spacial score (nSPS) is 10.7. The largest absolute Gasteiger partial charge is 0.355 e. The lowest BCUT2D eigenvalue weighted by atomic mass is 10.2. The van der Waals surface area contributed by atoms with Gasteiger partial charge in [0.1, 0.15) is 5.82 Å². The zero-order chi connectivity index (χ0) is 14.2. The average molecular weight is 273 g/mol. The first-order valence-electron chi connectivity index (χ1n) is 6.56. The van der Waals surface area contributed by atoms with Gasteiger partial charge in [-0.3, -0.25) is 14.7 Å². The van der Waals surface area contributed by atoms with Gasteiger partial charge in [-0.15, -0.1) is 0 Å². The number of aromatic amines is 1. The first-order chi connectivity index (χ1) is 9.74. The number of pyridine rings is 1. The van der Waals surface area contributed by atoms with Crippen LogP contribution in [0.2, 0.25) is 0 Å². The van der Waals surface area contributed by atoms with E-state index in [-0.39, 0.29) is 5.91 Å². The summed E-state index contributed by atoms with van der Waals surface area (Å²) in [5, 5.41) is 2.88. The van der Waals surface area contributed by atoms with Crippen LogP contribution in [0.4, 0.5) is 0 Å². The van der Waals surface area contributed by atoms with Crippen LogP contribution in [-0.4, -0.2) is 45.9 Å². The van der Waals surface area contributed by atoms with Crippen molar-refractivity contribution in [2.24, 2.45) is 0 Å². The molecule has 1 amide bonds. The Morgan fingerprint density at radius 1 is 1.35 bits per heavy atom. The Hall–Kier alpha value is -2.21. The fourth-order valence-corrected chi connectivity index (χ4v) is 1.91. The summed E-state index contributed by atoms with van der Waals surface area (Å²) in [6.45, 7) is 1.70. The lowest BCUT2D eigenvalue weighted by molar-refractivity contribution is -0.122. The zero-order valence-corrected chi connectivity index (χ0v) is 11.5. The summed E-state index contributed by atoms with van der Waals surface area (Å²) in [5.41, 5.74) is 1.14.